The number of β-amino-alcohol motifs (C(OH)–C–C–N with tert-alkyl or cyclic N) is 1. The van der Waals surface area contributed by atoms with Gasteiger partial charge < -0.3 is 15.3 Å². The summed E-state index contributed by atoms with van der Waals surface area (Å²) in [6, 6.07) is 8.80. The fraction of sp³-hybridized carbons (Fsp3) is 0.588. The standard InChI is InChI=1S/C17H25N3O2/c1-13-2-4-14(5-3-13)10-18-17(22)19-8-6-15(7-9-19)20-11-16(21)12-20/h2-5,15-16,21H,6-12H2,1H3,(H,18,22). The molecule has 2 aliphatic rings. The van der Waals surface area contributed by atoms with Gasteiger partial charge in [-0.3, -0.25) is 4.90 Å². The molecule has 2 saturated heterocycles. The van der Waals surface area contributed by atoms with Gasteiger partial charge in [-0.15, -0.1) is 0 Å². The molecule has 3 rings (SSSR count). The number of benzene rings is 1. The number of hydrogen-bond acceptors (Lipinski definition) is 3. The highest BCUT2D eigenvalue weighted by atomic mass is 16.3. The normalized spacial score (nSPS) is 20.7. The number of piperidine rings is 1. The molecule has 0 bridgehead atoms. The number of urea groups is 1. The van der Waals surface area contributed by atoms with Crippen LogP contribution in [0.5, 0.6) is 0 Å². The van der Waals surface area contributed by atoms with Gasteiger partial charge in [-0.2, -0.15) is 0 Å². The Morgan fingerprint density at radius 3 is 2.45 bits per heavy atom. The molecule has 2 fully saturated rings. The topological polar surface area (TPSA) is 55.8 Å². The van der Waals surface area contributed by atoms with Crippen LogP contribution in [0.25, 0.3) is 0 Å². The lowest BCUT2D eigenvalue weighted by Crippen LogP contribution is -2.58. The summed E-state index contributed by atoms with van der Waals surface area (Å²) >= 11 is 0. The number of aliphatic hydroxyl groups is 1. The third-order valence-corrected chi connectivity index (χ3v) is 4.72. The van der Waals surface area contributed by atoms with E-state index in [1.54, 1.807) is 0 Å². The van der Waals surface area contributed by atoms with E-state index < -0.39 is 0 Å². The van der Waals surface area contributed by atoms with Gasteiger partial charge in [0.1, 0.15) is 0 Å². The van der Waals surface area contributed by atoms with E-state index in [0.717, 1.165) is 44.6 Å². The van der Waals surface area contributed by atoms with E-state index in [2.05, 4.69) is 41.4 Å². The molecule has 0 saturated carbocycles. The van der Waals surface area contributed by atoms with Crippen LogP contribution < -0.4 is 5.32 Å². The molecule has 0 atom stereocenters. The third-order valence-electron chi connectivity index (χ3n) is 4.72. The molecule has 0 radical (unpaired) electrons. The summed E-state index contributed by atoms with van der Waals surface area (Å²) in [5.74, 6) is 0. The van der Waals surface area contributed by atoms with Crippen LogP contribution >= 0.6 is 0 Å². The predicted molar refractivity (Wildman–Crippen MR) is 85.6 cm³/mol. The molecule has 2 amide bonds. The molecule has 22 heavy (non-hydrogen) atoms. The van der Waals surface area contributed by atoms with E-state index in [1.165, 1.54) is 5.56 Å². The maximum absolute atomic E-state index is 12.2. The Morgan fingerprint density at radius 2 is 1.86 bits per heavy atom. The zero-order chi connectivity index (χ0) is 15.5. The maximum Gasteiger partial charge on any atom is 0.317 e. The van der Waals surface area contributed by atoms with Crippen molar-refractivity contribution in [2.75, 3.05) is 26.2 Å². The molecule has 1 aromatic carbocycles. The highest BCUT2D eigenvalue weighted by Crippen LogP contribution is 2.21. The second kappa shape index (κ2) is 6.67. The van der Waals surface area contributed by atoms with Crippen LogP contribution in [-0.4, -0.2) is 59.3 Å². The Balaban J connectivity index is 1.41. The van der Waals surface area contributed by atoms with Crippen molar-refractivity contribution in [2.24, 2.45) is 0 Å². The van der Waals surface area contributed by atoms with Gasteiger partial charge >= 0.3 is 6.03 Å². The van der Waals surface area contributed by atoms with E-state index in [9.17, 15) is 9.90 Å². The number of carbonyl (C=O) groups excluding carboxylic acids is 1. The average Bonchev–Trinajstić information content (AvgIpc) is 2.51. The van der Waals surface area contributed by atoms with Gasteiger partial charge in [0.2, 0.25) is 0 Å². The Labute approximate surface area is 131 Å². The van der Waals surface area contributed by atoms with Gasteiger partial charge in [-0.1, -0.05) is 29.8 Å². The van der Waals surface area contributed by atoms with E-state index in [-0.39, 0.29) is 12.1 Å². The molecule has 0 aliphatic carbocycles. The largest absolute Gasteiger partial charge is 0.390 e. The average molecular weight is 303 g/mol. The van der Waals surface area contributed by atoms with Gasteiger partial charge in [0.05, 0.1) is 6.10 Å². The van der Waals surface area contributed by atoms with Crippen LogP contribution in [0, 0.1) is 6.92 Å². The lowest BCUT2D eigenvalue weighted by molar-refractivity contribution is -0.0371. The summed E-state index contributed by atoms with van der Waals surface area (Å²) in [6.07, 6.45) is 1.87. The summed E-state index contributed by atoms with van der Waals surface area (Å²) in [6.45, 7) is 5.84. The minimum atomic E-state index is -0.143. The van der Waals surface area contributed by atoms with E-state index >= 15 is 0 Å². The first-order chi connectivity index (χ1) is 10.6. The third kappa shape index (κ3) is 3.59. The van der Waals surface area contributed by atoms with E-state index in [4.69, 9.17) is 0 Å². The monoisotopic (exact) mass is 303 g/mol. The summed E-state index contributed by atoms with van der Waals surface area (Å²) in [4.78, 5) is 16.4. The molecule has 2 aliphatic heterocycles. The van der Waals surface area contributed by atoms with Crippen molar-refractivity contribution in [3.05, 3.63) is 35.4 Å². The molecule has 2 heterocycles. The predicted octanol–water partition coefficient (Wildman–Crippen LogP) is 1.35. The molecular weight excluding hydrogens is 278 g/mol. The van der Waals surface area contributed by atoms with Crippen LogP contribution in [0.3, 0.4) is 0 Å². The quantitative estimate of drug-likeness (QED) is 0.886. The smallest absolute Gasteiger partial charge is 0.317 e. The first kappa shape index (κ1) is 15.3. The number of nitrogens with zero attached hydrogens (tertiary/aromatic N) is 2. The fourth-order valence-electron chi connectivity index (χ4n) is 3.22. The summed E-state index contributed by atoms with van der Waals surface area (Å²) in [5, 5.41) is 12.4. The zero-order valence-electron chi connectivity index (χ0n) is 13.2. The Hall–Kier alpha value is -1.59. The molecule has 5 nitrogen and oxygen atoms in total. The highest BCUT2D eigenvalue weighted by Gasteiger charge is 2.33. The molecule has 2 N–H and O–H groups in total. The first-order valence-electron chi connectivity index (χ1n) is 8.12. The van der Waals surface area contributed by atoms with Crippen molar-refractivity contribution in [3.8, 4) is 0 Å². The Kier molecular flexibility index (Phi) is 4.64. The molecule has 1 aromatic rings. The second-order valence-electron chi connectivity index (χ2n) is 6.47. The van der Waals surface area contributed by atoms with Gasteiger partial charge in [0, 0.05) is 38.8 Å². The molecule has 120 valence electrons. The molecule has 0 unspecified atom stereocenters. The number of nitrogens with one attached hydrogen (secondary N) is 1. The number of hydrogen-bond donors (Lipinski definition) is 2. The number of aryl methyl sites for hydroxylation is 1. The van der Waals surface area contributed by atoms with Gasteiger partial charge in [0.15, 0.2) is 0 Å². The molecular formula is C17H25N3O2. The molecule has 5 heteroatoms. The zero-order valence-corrected chi connectivity index (χ0v) is 13.2. The Bertz CT molecular complexity index is 503. The van der Waals surface area contributed by atoms with E-state index in [0.29, 0.717) is 12.6 Å². The lowest BCUT2D eigenvalue weighted by Gasteiger charge is -2.45. The second-order valence-corrected chi connectivity index (χ2v) is 6.47. The van der Waals surface area contributed by atoms with Crippen molar-refractivity contribution >= 4 is 6.03 Å². The van der Waals surface area contributed by atoms with Gasteiger partial charge in [-0.05, 0) is 25.3 Å². The lowest BCUT2D eigenvalue weighted by atomic mass is 9.99. The molecule has 0 aromatic heterocycles. The fourth-order valence-corrected chi connectivity index (χ4v) is 3.22. The maximum atomic E-state index is 12.2. The highest BCUT2D eigenvalue weighted by molar-refractivity contribution is 5.74. The van der Waals surface area contributed by atoms with E-state index in [1.807, 2.05) is 4.90 Å². The minimum Gasteiger partial charge on any atom is -0.390 e. The van der Waals surface area contributed by atoms with Crippen molar-refractivity contribution in [3.63, 3.8) is 0 Å². The SMILES string of the molecule is Cc1ccc(CNC(=O)N2CCC(N3CC(O)C3)CC2)cc1. The number of carbonyl (C=O) groups is 1. The summed E-state index contributed by atoms with van der Waals surface area (Å²) in [7, 11) is 0. The number of rotatable bonds is 3. The van der Waals surface area contributed by atoms with Crippen LogP contribution in [0.4, 0.5) is 4.79 Å². The minimum absolute atomic E-state index is 0.0302. The van der Waals surface area contributed by atoms with Crippen LogP contribution in [0.1, 0.15) is 24.0 Å². The number of aliphatic hydroxyl groups excluding tert-OH is 1. The van der Waals surface area contributed by atoms with Gasteiger partial charge in [0.25, 0.3) is 0 Å². The summed E-state index contributed by atoms with van der Waals surface area (Å²) < 4.78 is 0. The van der Waals surface area contributed by atoms with Crippen molar-refractivity contribution < 1.29 is 9.90 Å². The van der Waals surface area contributed by atoms with Crippen molar-refractivity contribution in [1.29, 1.82) is 0 Å². The van der Waals surface area contributed by atoms with Crippen molar-refractivity contribution in [2.45, 2.75) is 38.5 Å². The van der Waals surface area contributed by atoms with Crippen LogP contribution in [0.2, 0.25) is 0 Å². The van der Waals surface area contributed by atoms with Gasteiger partial charge in [-0.25, -0.2) is 4.79 Å². The Morgan fingerprint density at radius 1 is 1.23 bits per heavy atom. The summed E-state index contributed by atoms with van der Waals surface area (Å²) in [5.41, 5.74) is 2.36. The van der Waals surface area contributed by atoms with Crippen molar-refractivity contribution in [1.82, 2.24) is 15.1 Å². The number of likely N-dealkylation sites (tertiary alicyclic amines) is 2. The first-order valence-corrected chi connectivity index (χ1v) is 8.12. The number of amides is 2. The van der Waals surface area contributed by atoms with Crippen LogP contribution in [-0.2, 0) is 6.54 Å². The van der Waals surface area contributed by atoms with Crippen LogP contribution in [0.15, 0.2) is 24.3 Å². The molecule has 0 spiro atoms.